The summed E-state index contributed by atoms with van der Waals surface area (Å²) in [5.41, 5.74) is 6.03. The standard InChI is InChI=1S/C27H27N5O3/c1-4-28-27(34)29-16-19-6-5-7-23(14-19)30-25(33)21-12-10-20(11-13-21)24-15-22(9-8-17(24)2)26-32-31-18(3)35-26/h5-15H,4,16H2,1-3H3,(H,30,33)(H2,28,29,34). The van der Waals surface area contributed by atoms with Gasteiger partial charge in [0.05, 0.1) is 0 Å². The molecule has 0 atom stereocenters. The lowest BCUT2D eigenvalue weighted by molar-refractivity contribution is 0.102. The highest BCUT2D eigenvalue weighted by Crippen LogP contribution is 2.29. The summed E-state index contributed by atoms with van der Waals surface area (Å²) < 4.78 is 5.55. The Morgan fingerprint density at radius 3 is 2.37 bits per heavy atom. The van der Waals surface area contributed by atoms with Crippen molar-refractivity contribution in [2.24, 2.45) is 0 Å². The zero-order chi connectivity index (χ0) is 24.8. The van der Waals surface area contributed by atoms with E-state index in [4.69, 9.17) is 4.42 Å². The second-order valence-electron chi connectivity index (χ2n) is 8.10. The number of carbonyl (C=O) groups is 2. The molecule has 0 spiro atoms. The first-order valence-electron chi connectivity index (χ1n) is 11.4. The van der Waals surface area contributed by atoms with Gasteiger partial charge in [0.2, 0.25) is 11.8 Å². The Morgan fingerprint density at radius 2 is 1.66 bits per heavy atom. The number of nitrogens with one attached hydrogen (secondary N) is 3. The average molecular weight is 470 g/mol. The summed E-state index contributed by atoms with van der Waals surface area (Å²) in [6, 6.07) is 20.6. The molecule has 1 heterocycles. The summed E-state index contributed by atoms with van der Waals surface area (Å²) in [7, 11) is 0. The van der Waals surface area contributed by atoms with Crippen molar-refractivity contribution in [3.05, 3.63) is 89.3 Å². The Morgan fingerprint density at radius 1 is 0.886 bits per heavy atom. The molecule has 8 heteroatoms. The fourth-order valence-electron chi connectivity index (χ4n) is 3.65. The van der Waals surface area contributed by atoms with Gasteiger partial charge in [0.25, 0.3) is 5.91 Å². The molecular formula is C27H27N5O3. The van der Waals surface area contributed by atoms with E-state index < -0.39 is 0 Å². The Kier molecular flexibility index (Phi) is 7.21. The van der Waals surface area contributed by atoms with Crippen LogP contribution in [-0.4, -0.2) is 28.7 Å². The normalized spacial score (nSPS) is 10.6. The largest absolute Gasteiger partial charge is 0.421 e. The molecular weight excluding hydrogens is 442 g/mol. The highest BCUT2D eigenvalue weighted by atomic mass is 16.4. The van der Waals surface area contributed by atoms with Gasteiger partial charge in [-0.05, 0) is 72.5 Å². The highest BCUT2D eigenvalue weighted by Gasteiger charge is 2.12. The molecule has 3 amide bonds. The lowest BCUT2D eigenvalue weighted by Gasteiger charge is -2.11. The van der Waals surface area contributed by atoms with Gasteiger partial charge in [-0.15, -0.1) is 10.2 Å². The van der Waals surface area contributed by atoms with Gasteiger partial charge in [0, 0.05) is 36.8 Å². The van der Waals surface area contributed by atoms with E-state index in [0.29, 0.717) is 36.1 Å². The van der Waals surface area contributed by atoms with Gasteiger partial charge in [-0.2, -0.15) is 0 Å². The van der Waals surface area contributed by atoms with Crippen LogP contribution in [0.5, 0.6) is 0 Å². The maximum atomic E-state index is 12.8. The molecule has 0 fully saturated rings. The number of rotatable bonds is 7. The van der Waals surface area contributed by atoms with E-state index in [-0.39, 0.29) is 11.9 Å². The number of hydrogen-bond acceptors (Lipinski definition) is 5. The van der Waals surface area contributed by atoms with Crippen LogP contribution in [0.3, 0.4) is 0 Å². The van der Waals surface area contributed by atoms with Crippen LogP contribution in [0.25, 0.3) is 22.6 Å². The Hall–Kier alpha value is -4.46. The molecule has 3 N–H and O–H groups in total. The smallest absolute Gasteiger partial charge is 0.315 e. The topological polar surface area (TPSA) is 109 Å². The van der Waals surface area contributed by atoms with Crippen molar-refractivity contribution in [1.29, 1.82) is 0 Å². The predicted molar refractivity (Wildman–Crippen MR) is 135 cm³/mol. The van der Waals surface area contributed by atoms with Gasteiger partial charge in [-0.3, -0.25) is 4.79 Å². The SMILES string of the molecule is CCNC(=O)NCc1cccc(NC(=O)c2ccc(-c3cc(-c4nnc(C)o4)ccc3C)cc2)c1. The molecule has 8 nitrogen and oxygen atoms in total. The van der Waals surface area contributed by atoms with E-state index in [2.05, 4.69) is 26.1 Å². The number of urea groups is 1. The predicted octanol–water partition coefficient (Wildman–Crippen LogP) is 5.09. The molecule has 178 valence electrons. The van der Waals surface area contributed by atoms with Crippen molar-refractivity contribution in [3.63, 3.8) is 0 Å². The fraction of sp³-hybridized carbons (Fsp3) is 0.185. The number of nitrogens with zero attached hydrogens (tertiary/aromatic N) is 2. The van der Waals surface area contributed by atoms with Crippen molar-refractivity contribution in [2.45, 2.75) is 27.3 Å². The maximum absolute atomic E-state index is 12.8. The minimum atomic E-state index is -0.227. The van der Waals surface area contributed by atoms with E-state index in [1.807, 2.05) is 68.4 Å². The molecule has 1 aromatic heterocycles. The van der Waals surface area contributed by atoms with Crippen molar-refractivity contribution in [1.82, 2.24) is 20.8 Å². The summed E-state index contributed by atoms with van der Waals surface area (Å²) in [4.78, 5) is 24.4. The second-order valence-corrected chi connectivity index (χ2v) is 8.10. The quantitative estimate of drug-likeness (QED) is 0.349. The highest BCUT2D eigenvalue weighted by molar-refractivity contribution is 6.04. The van der Waals surface area contributed by atoms with Crippen molar-refractivity contribution >= 4 is 17.6 Å². The van der Waals surface area contributed by atoms with Crippen LogP contribution >= 0.6 is 0 Å². The van der Waals surface area contributed by atoms with Crippen LogP contribution in [0.15, 0.2) is 71.1 Å². The molecule has 0 aliphatic carbocycles. The zero-order valence-corrected chi connectivity index (χ0v) is 19.9. The molecule has 4 rings (SSSR count). The Labute approximate surface area is 203 Å². The van der Waals surface area contributed by atoms with Crippen molar-refractivity contribution < 1.29 is 14.0 Å². The van der Waals surface area contributed by atoms with E-state index in [1.165, 1.54) is 0 Å². The monoisotopic (exact) mass is 469 g/mol. The average Bonchev–Trinajstić information content (AvgIpc) is 3.30. The Balaban J connectivity index is 1.45. The third kappa shape index (κ3) is 5.92. The molecule has 0 aliphatic heterocycles. The van der Waals surface area contributed by atoms with Crippen LogP contribution in [0, 0.1) is 13.8 Å². The van der Waals surface area contributed by atoms with E-state index >= 15 is 0 Å². The molecule has 35 heavy (non-hydrogen) atoms. The number of hydrogen-bond donors (Lipinski definition) is 3. The summed E-state index contributed by atoms with van der Waals surface area (Å²) in [6.07, 6.45) is 0. The van der Waals surface area contributed by atoms with Gasteiger partial charge in [-0.25, -0.2) is 4.79 Å². The van der Waals surface area contributed by atoms with Gasteiger partial charge in [-0.1, -0.05) is 30.3 Å². The fourth-order valence-corrected chi connectivity index (χ4v) is 3.65. The van der Waals surface area contributed by atoms with E-state index in [9.17, 15) is 9.59 Å². The number of carbonyl (C=O) groups excluding carboxylic acids is 2. The van der Waals surface area contributed by atoms with E-state index in [0.717, 1.165) is 27.8 Å². The van der Waals surface area contributed by atoms with Crippen LogP contribution < -0.4 is 16.0 Å². The Bertz CT molecular complexity index is 1350. The zero-order valence-electron chi connectivity index (χ0n) is 19.9. The first-order valence-corrected chi connectivity index (χ1v) is 11.4. The molecule has 3 aromatic carbocycles. The molecule has 0 bridgehead atoms. The van der Waals surface area contributed by atoms with Crippen LogP contribution in [-0.2, 0) is 6.54 Å². The lowest BCUT2D eigenvalue weighted by Crippen LogP contribution is -2.34. The molecule has 0 radical (unpaired) electrons. The summed E-state index contributed by atoms with van der Waals surface area (Å²) >= 11 is 0. The van der Waals surface area contributed by atoms with Crippen LogP contribution in [0.2, 0.25) is 0 Å². The van der Waals surface area contributed by atoms with Crippen molar-refractivity contribution in [3.8, 4) is 22.6 Å². The molecule has 0 saturated heterocycles. The molecule has 0 aliphatic rings. The van der Waals surface area contributed by atoms with Gasteiger partial charge >= 0.3 is 6.03 Å². The van der Waals surface area contributed by atoms with Crippen LogP contribution in [0.1, 0.15) is 34.3 Å². The first kappa shape index (κ1) is 23.7. The third-order valence-corrected chi connectivity index (χ3v) is 5.44. The van der Waals surface area contributed by atoms with E-state index in [1.54, 1.807) is 19.1 Å². The minimum absolute atomic E-state index is 0.211. The number of anilines is 1. The van der Waals surface area contributed by atoms with Gasteiger partial charge < -0.3 is 20.4 Å². The number of aryl methyl sites for hydroxylation is 2. The second kappa shape index (κ2) is 10.6. The number of aromatic nitrogens is 2. The van der Waals surface area contributed by atoms with Gasteiger partial charge in [0.1, 0.15) is 0 Å². The molecule has 0 unspecified atom stereocenters. The maximum Gasteiger partial charge on any atom is 0.315 e. The third-order valence-electron chi connectivity index (χ3n) is 5.44. The summed E-state index contributed by atoms with van der Waals surface area (Å²) in [6.45, 7) is 6.58. The number of benzene rings is 3. The van der Waals surface area contributed by atoms with Gasteiger partial charge in [0.15, 0.2) is 0 Å². The summed E-state index contributed by atoms with van der Waals surface area (Å²) in [5.74, 6) is 0.779. The lowest BCUT2D eigenvalue weighted by atomic mass is 9.97. The van der Waals surface area contributed by atoms with Crippen LogP contribution in [0.4, 0.5) is 10.5 Å². The van der Waals surface area contributed by atoms with Crippen molar-refractivity contribution in [2.75, 3.05) is 11.9 Å². The number of amides is 3. The first-order chi connectivity index (χ1) is 16.9. The minimum Gasteiger partial charge on any atom is -0.421 e. The summed E-state index contributed by atoms with van der Waals surface area (Å²) in [5, 5.41) is 16.4. The molecule has 4 aromatic rings. The molecule has 0 saturated carbocycles.